The number of benzene rings is 1. The Morgan fingerprint density at radius 3 is 2.79 bits per heavy atom. The van der Waals surface area contributed by atoms with Crippen molar-refractivity contribution in [3.05, 3.63) is 52.5 Å². The van der Waals surface area contributed by atoms with Crippen LogP contribution in [0.25, 0.3) is 21.3 Å². The first kappa shape index (κ1) is 12.1. The van der Waals surface area contributed by atoms with Crippen molar-refractivity contribution < 1.29 is 9.90 Å². The highest BCUT2D eigenvalue weighted by atomic mass is 35.5. The number of rotatable bonds is 2. The van der Waals surface area contributed by atoms with Crippen molar-refractivity contribution in [3.63, 3.8) is 0 Å². The van der Waals surface area contributed by atoms with Gasteiger partial charge in [0, 0.05) is 5.56 Å². The zero-order chi connectivity index (χ0) is 13.4. The van der Waals surface area contributed by atoms with E-state index in [1.807, 2.05) is 29.6 Å². The first-order valence-electron chi connectivity index (χ1n) is 5.53. The molecule has 0 fully saturated rings. The van der Waals surface area contributed by atoms with Gasteiger partial charge >= 0.3 is 5.97 Å². The van der Waals surface area contributed by atoms with Crippen molar-refractivity contribution in [1.82, 2.24) is 4.98 Å². The number of pyridine rings is 1. The number of thiophene rings is 1. The molecule has 3 aromatic rings. The third-order valence-electron chi connectivity index (χ3n) is 2.78. The summed E-state index contributed by atoms with van der Waals surface area (Å²) in [5.41, 5.74) is 1.40. The van der Waals surface area contributed by atoms with Gasteiger partial charge in [-0.15, -0.1) is 11.3 Å². The maximum Gasteiger partial charge on any atom is 0.354 e. The maximum absolute atomic E-state index is 11.1. The Morgan fingerprint density at radius 1 is 1.26 bits per heavy atom. The highest BCUT2D eigenvalue weighted by Crippen LogP contribution is 2.35. The molecule has 1 N–H and O–H groups in total. The second kappa shape index (κ2) is 4.64. The molecule has 19 heavy (non-hydrogen) atoms. The molecule has 1 aromatic carbocycles. The molecule has 0 atom stereocenters. The van der Waals surface area contributed by atoms with Gasteiger partial charge in [-0.2, -0.15) is 0 Å². The molecule has 2 heterocycles. The zero-order valence-electron chi connectivity index (χ0n) is 9.63. The molecule has 0 aliphatic carbocycles. The third kappa shape index (κ3) is 2.09. The summed E-state index contributed by atoms with van der Waals surface area (Å²) < 4.78 is 0.943. The largest absolute Gasteiger partial charge is 0.477 e. The first-order chi connectivity index (χ1) is 9.16. The number of hydrogen-bond donors (Lipinski definition) is 1. The topological polar surface area (TPSA) is 50.2 Å². The minimum absolute atomic E-state index is 0.0285. The molecular formula is C14H8ClNO2S. The number of halogens is 1. The van der Waals surface area contributed by atoms with E-state index in [2.05, 4.69) is 4.98 Å². The van der Waals surface area contributed by atoms with Crippen LogP contribution in [0.3, 0.4) is 0 Å². The van der Waals surface area contributed by atoms with Gasteiger partial charge in [0.25, 0.3) is 0 Å². The molecule has 0 radical (unpaired) electrons. The predicted octanol–water partition coefficient (Wildman–Crippen LogP) is 4.31. The lowest BCUT2D eigenvalue weighted by Gasteiger charge is -2.06. The van der Waals surface area contributed by atoms with Crippen LogP contribution >= 0.6 is 22.9 Å². The maximum atomic E-state index is 11.1. The van der Waals surface area contributed by atoms with Crippen LogP contribution in [0.1, 0.15) is 10.5 Å². The molecule has 2 aromatic heterocycles. The summed E-state index contributed by atoms with van der Waals surface area (Å²) >= 11 is 7.70. The zero-order valence-corrected chi connectivity index (χ0v) is 11.2. The van der Waals surface area contributed by atoms with Crippen molar-refractivity contribution >= 4 is 39.0 Å². The Balaban J connectivity index is 2.36. The quantitative estimate of drug-likeness (QED) is 0.764. The molecule has 3 rings (SSSR count). The second-order valence-electron chi connectivity index (χ2n) is 3.98. The Hall–Kier alpha value is -1.91. The van der Waals surface area contributed by atoms with Gasteiger partial charge in [0.1, 0.15) is 5.69 Å². The molecule has 0 spiro atoms. The number of aromatic carboxylic acids is 1. The number of carboxylic acids is 1. The van der Waals surface area contributed by atoms with Crippen LogP contribution in [-0.4, -0.2) is 16.1 Å². The van der Waals surface area contributed by atoms with E-state index < -0.39 is 5.97 Å². The summed E-state index contributed by atoms with van der Waals surface area (Å²) in [7, 11) is 0. The van der Waals surface area contributed by atoms with E-state index in [4.69, 9.17) is 16.7 Å². The van der Waals surface area contributed by atoms with E-state index >= 15 is 0 Å². The van der Waals surface area contributed by atoms with E-state index in [0.717, 1.165) is 15.6 Å². The van der Waals surface area contributed by atoms with Gasteiger partial charge in [0.15, 0.2) is 0 Å². The summed E-state index contributed by atoms with van der Waals surface area (Å²) in [5.74, 6) is -1.04. The summed E-state index contributed by atoms with van der Waals surface area (Å²) in [6.07, 6.45) is 0. The fraction of sp³-hybridized carbons (Fsp3) is 0. The Morgan fingerprint density at radius 2 is 2.05 bits per heavy atom. The van der Waals surface area contributed by atoms with E-state index in [1.54, 1.807) is 12.1 Å². The minimum atomic E-state index is -1.04. The molecule has 5 heteroatoms. The summed E-state index contributed by atoms with van der Waals surface area (Å²) in [4.78, 5) is 15.4. The van der Waals surface area contributed by atoms with Crippen LogP contribution in [0.2, 0.25) is 5.02 Å². The molecule has 0 saturated heterocycles. The van der Waals surface area contributed by atoms with E-state index in [9.17, 15) is 4.79 Å². The normalized spacial score (nSPS) is 10.8. The van der Waals surface area contributed by atoms with Crippen LogP contribution < -0.4 is 0 Å². The molecule has 0 amide bonds. The molecular weight excluding hydrogens is 282 g/mol. The van der Waals surface area contributed by atoms with Crippen LogP contribution in [-0.2, 0) is 0 Å². The van der Waals surface area contributed by atoms with Gasteiger partial charge in [-0.3, -0.25) is 0 Å². The molecule has 0 bridgehead atoms. The highest BCUT2D eigenvalue weighted by molar-refractivity contribution is 7.17. The lowest BCUT2D eigenvalue weighted by atomic mass is 10.1. The number of nitrogens with zero attached hydrogens (tertiary/aromatic N) is 1. The average molecular weight is 290 g/mol. The van der Waals surface area contributed by atoms with E-state index in [-0.39, 0.29) is 5.69 Å². The van der Waals surface area contributed by atoms with Crippen molar-refractivity contribution in [1.29, 1.82) is 0 Å². The second-order valence-corrected chi connectivity index (χ2v) is 5.30. The van der Waals surface area contributed by atoms with E-state index in [1.165, 1.54) is 11.3 Å². The lowest BCUT2D eigenvalue weighted by Crippen LogP contribution is -2.01. The lowest BCUT2D eigenvalue weighted by molar-refractivity contribution is 0.0691. The summed E-state index contributed by atoms with van der Waals surface area (Å²) in [5, 5.41) is 12.5. The fourth-order valence-corrected chi connectivity index (χ4v) is 3.03. The third-order valence-corrected chi connectivity index (χ3v) is 4.05. The average Bonchev–Trinajstić information content (AvgIpc) is 2.86. The number of carboxylic acid groups (broad SMARTS) is 1. The van der Waals surface area contributed by atoms with Gasteiger partial charge in [-0.1, -0.05) is 29.8 Å². The summed E-state index contributed by atoms with van der Waals surface area (Å²) in [6.45, 7) is 0. The monoisotopic (exact) mass is 289 g/mol. The van der Waals surface area contributed by atoms with Crippen LogP contribution in [0.5, 0.6) is 0 Å². The summed E-state index contributed by atoms with van der Waals surface area (Å²) in [6, 6.07) is 10.8. The van der Waals surface area contributed by atoms with E-state index in [0.29, 0.717) is 10.7 Å². The number of aromatic nitrogens is 1. The molecule has 0 aliphatic heterocycles. The van der Waals surface area contributed by atoms with Gasteiger partial charge in [0.2, 0.25) is 0 Å². The molecule has 3 nitrogen and oxygen atoms in total. The Labute approximate surface area is 118 Å². The van der Waals surface area contributed by atoms with Crippen molar-refractivity contribution in [2.24, 2.45) is 0 Å². The van der Waals surface area contributed by atoms with Gasteiger partial charge < -0.3 is 5.11 Å². The van der Waals surface area contributed by atoms with Crippen molar-refractivity contribution in [2.75, 3.05) is 0 Å². The highest BCUT2D eigenvalue weighted by Gasteiger charge is 2.15. The SMILES string of the molecule is O=C(O)c1cc2ccsc2c(-c2ccccc2Cl)n1. The number of fused-ring (bicyclic) bond motifs is 1. The van der Waals surface area contributed by atoms with Crippen molar-refractivity contribution in [2.45, 2.75) is 0 Å². The Kier molecular flexibility index (Phi) is 2.97. The number of carbonyl (C=O) groups is 1. The first-order valence-corrected chi connectivity index (χ1v) is 6.79. The van der Waals surface area contributed by atoms with Crippen molar-refractivity contribution in [3.8, 4) is 11.3 Å². The van der Waals surface area contributed by atoms with Crippen LogP contribution in [0.15, 0.2) is 41.8 Å². The van der Waals surface area contributed by atoms with Gasteiger partial charge in [-0.25, -0.2) is 9.78 Å². The smallest absolute Gasteiger partial charge is 0.354 e. The molecule has 94 valence electrons. The van der Waals surface area contributed by atoms with Crippen LogP contribution in [0, 0.1) is 0 Å². The standard InChI is InChI=1S/C14H8ClNO2S/c15-10-4-2-1-3-9(10)12-13-8(5-6-19-13)7-11(16-12)14(17)18/h1-7H,(H,17,18). The van der Waals surface area contributed by atoms with Gasteiger partial charge in [-0.05, 0) is 29.0 Å². The Bertz CT molecular complexity index is 782. The predicted molar refractivity (Wildman–Crippen MR) is 77.0 cm³/mol. The molecule has 0 unspecified atom stereocenters. The van der Waals surface area contributed by atoms with Crippen LogP contribution in [0.4, 0.5) is 0 Å². The minimum Gasteiger partial charge on any atom is -0.477 e. The molecule has 0 saturated carbocycles. The van der Waals surface area contributed by atoms with Gasteiger partial charge in [0.05, 0.1) is 15.4 Å². The molecule has 0 aliphatic rings. The number of hydrogen-bond acceptors (Lipinski definition) is 3. The fourth-order valence-electron chi connectivity index (χ4n) is 1.92.